The van der Waals surface area contributed by atoms with Gasteiger partial charge in [-0.05, 0) is 39.8 Å². The Morgan fingerprint density at radius 3 is 2.67 bits per heavy atom. The molecule has 1 amide bonds. The van der Waals surface area contributed by atoms with Gasteiger partial charge in [0.05, 0.1) is 13.2 Å². The van der Waals surface area contributed by atoms with E-state index in [1.54, 1.807) is 0 Å². The lowest BCUT2D eigenvalue weighted by atomic mass is 9.78. The number of carbonyl (C=O) groups excluding carboxylic acids is 1. The number of piperidine rings is 1. The van der Waals surface area contributed by atoms with Crippen LogP contribution >= 0.6 is 0 Å². The fourth-order valence-electron chi connectivity index (χ4n) is 4.09. The highest BCUT2D eigenvalue weighted by Crippen LogP contribution is 2.35. The predicted octanol–water partition coefficient (Wildman–Crippen LogP) is 0.668. The summed E-state index contributed by atoms with van der Waals surface area (Å²) in [5.74, 6) is 0.210. The van der Waals surface area contributed by atoms with Crippen molar-refractivity contribution in [2.45, 2.75) is 31.8 Å². The monoisotopic (exact) mass is 339 g/mol. The number of hydrogen-bond acceptors (Lipinski definition) is 5. The molecule has 0 unspecified atom stereocenters. The minimum absolute atomic E-state index is 0.180. The van der Waals surface area contributed by atoms with Crippen LogP contribution in [0.25, 0.3) is 0 Å². The van der Waals surface area contributed by atoms with Crippen LogP contribution in [0.2, 0.25) is 0 Å². The van der Waals surface area contributed by atoms with Gasteiger partial charge in [-0.2, -0.15) is 0 Å². The highest BCUT2D eigenvalue weighted by Gasteiger charge is 2.40. The highest BCUT2D eigenvalue weighted by molar-refractivity contribution is 5.81. The minimum atomic E-state index is -0.180. The van der Waals surface area contributed by atoms with E-state index in [4.69, 9.17) is 9.47 Å². The predicted molar refractivity (Wildman–Crippen MR) is 93.0 cm³/mol. The molecule has 0 aliphatic carbocycles. The van der Waals surface area contributed by atoms with Gasteiger partial charge in [-0.15, -0.1) is 0 Å². The molecule has 3 aliphatic heterocycles. The van der Waals surface area contributed by atoms with Gasteiger partial charge in [-0.25, -0.2) is 0 Å². The summed E-state index contributed by atoms with van der Waals surface area (Å²) in [4.78, 5) is 19.3. The van der Waals surface area contributed by atoms with Gasteiger partial charge in [0.1, 0.15) is 6.10 Å². The molecular weight excluding hydrogens is 306 g/mol. The van der Waals surface area contributed by atoms with E-state index in [0.717, 1.165) is 84.8 Å². The van der Waals surface area contributed by atoms with E-state index < -0.39 is 0 Å². The molecule has 3 aliphatic rings. The molecule has 0 aromatic heterocycles. The molecule has 6 nitrogen and oxygen atoms in total. The molecule has 138 valence electrons. The molecule has 3 fully saturated rings. The molecule has 0 aromatic carbocycles. The number of ether oxygens (including phenoxy) is 2. The van der Waals surface area contributed by atoms with E-state index in [1.807, 2.05) is 4.90 Å². The minimum Gasteiger partial charge on any atom is -0.379 e. The molecule has 0 aromatic rings. The van der Waals surface area contributed by atoms with Crippen LogP contribution in [0.4, 0.5) is 0 Å². The van der Waals surface area contributed by atoms with E-state index in [9.17, 15) is 4.79 Å². The summed E-state index contributed by atoms with van der Waals surface area (Å²) >= 11 is 0. The first-order chi connectivity index (χ1) is 11.6. The second-order valence-corrected chi connectivity index (χ2v) is 7.96. The molecule has 6 heteroatoms. The van der Waals surface area contributed by atoms with Gasteiger partial charge in [0.15, 0.2) is 0 Å². The number of likely N-dealkylation sites (tertiary alicyclic amines) is 1. The maximum absolute atomic E-state index is 12.5. The second-order valence-electron chi connectivity index (χ2n) is 7.96. The third-order valence-corrected chi connectivity index (χ3v) is 5.72. The Balaban J connectivity index is 1.53. The molecule has 1 spiro atoms. The number of nitrogens with zero attached hydrogens (tertiary/aromatic N) is 3. The number of amides is 1. The van der Waals surface area contributed by atoms with Gasteiger partial charge in [0.2, 0.25) is 0 Å². The maximum atomic E-state index is 12.5. The zero-order valence-corrected chi connectivity index (χ0v) is 15.3. The third-order valence-electron chi connectivity index (χ3n) is 5.72. The topological polar surface area (TPSA) is 45.2 Å². The van der Waals surface area contributed by atoms with E-state index in [-0.39, 0.29) is 17.4 Å². The van der Waals surface area contributed by atoms with Crippen LogP contribution in [0, 0.1) is 5.41 Å². The zero-order chi connectivity index (χ0) is 17.0. The van der Waals surface area contributed by atoms with Crippen molar-refractivity contribution in [1.82, 2.24) is 14.7 Å². The van der Waals surface area contributed by atoms with Gasteiger partial charge in [0.25, 0.3) is 5.91 Å². The largest absolute Gasteiger partial charge is 0.379 e. The van der Waals surface area contributed by atoms with Crippen molar-refractivity contribution in [3.05, 3.63) is 0 Å². The van der Waals surface area contributed by atoms with Crippen LogP contribution in [0.5, 0.6) is 0 Å². The smallest absolute Gasteiger partial charge is 0.251 e. The summed E-state index contributed by atoms with van der Waals surface area (Å²) in [7, 11) is 4.25. The van der Waals surface area contributed by atoms with Crippen LogP contribution in [0.1, 0.15) is 25.7 Å². The molecule has 24 heavy (non-hydrogen) atoms. The van der Waals surface area contributed by atoms with Crippen molar-refractivity contribution in [2.24, 2.45) is 5.41 Å². The van der Waals surface area contributed by atoms with Crippen molar-refractivity contribution >= 4 is 5.91 Å². The van der Waals surface area contributed by atoms with E-state index in [0.29, 0.717) is 0 Å². The van der Waals surface area contributed by atoms with Gasteiger partial charge >= 0.3 is 0 Å². The van der Waals surface area contributed by atoms with Crippen LogP contribution < -0.4 is 0 Å². The molecule has 0 bridgehead atoms. The van der Waals surface area contributed by atoms with Crippen molar-refractivity contribution in [2.75, 3.05) is 73.2 Å². The fraction of sp³-hybridized carbons (Fsp3) is 0.944. The number of likely N-dealkylation sites (N-methyl/N-ethyl adjacent to an activating group) is 1. The maximum Gasteiger partial charge on any atom is 0.251 e. The number of hydrogen-bond donors (Lipinski definition) is 0. The summed E-state index contributed by atoms with van der Waals surface area (Å²) in [6.45, 7) is 8.41. The molecule has 0 N–H and O–H groups in total. The van der Waals surface area contributed by atoms with Crippen LogP contribution in [-0.2, 0) is 14.3 Å². The van der Waals surface area contributed by atoms with Crippen molar-refractivity contribution in [3.63, 3.8) is 0 Å². The molecule has 0 saturated carbocycles. The Hall–Kier alpha value is -0.690. The lowest BCUT2D eigenvalue weighted by Gasteiger charge is -2.43. The van der Waals surface area contributed by atoms with E-state index >= 15 is 0 Å². The van der Waals surface area contributed by atoms with Gasteiger partial charge < -0.3 is 19.3 Å². The normalized spacial score (nSPS) is 28.5. The molecule has 3 heterocycles. The summed E-state index contributed by atoms with van der Waals surface area (Å²) in [5, 5.41) is 0. The Bertz CT molecular complexity index is 416. The standard InChI is InChI=1S/C18H33N3O3/c1-19(2)9-10-20-11-13-23-15-18(14-20)5-7-21(8-6-18)17(22)16-4-3-12-24-16/h16H,3-15H2,1-2H3/t16-/m1/s1. The zero-order valence-electron chi connectivity index (χ0n) is 15.3. The van der Waals surface area contributed by atoms with Crippen molar-refractivity contribution in [1.29, 1.82) is 0 Å². The lowest BCUT2D eigenvalue weighted by Crippen LogP contribution is -2.51. The van der Waals surface area contributed by atoms with Crippen LogP contribution in [0.3, 0.4) is 0 Å². The first-order valence-electron chi connectivity index (χ1n) is 9.43. The third kappa shape index (κ3) is 4.48. The Kier molecular flexibility index (Phi) is 6.13. The van der Waals surface area contributed by atoms with Crippen LogP contribution in [-0.4, -0.2) is 99.9 Å². The average Bonchev–Trinajstić information content (AvgIpc) is 3.04. The highest BCUT2D eigenvalue weighted by atomic mass is 16.5. The van der Waals surface area contributed by atoms with Gasteiger partial charge in [0, 0.05) is 51.3 Å². The first kappa shape index (κ1) is 18.1. The Labute approximate surface area is 146 Å². The SMILES string of the molecule is CN(C)CCN1CCOCC2(CCN(C(=O)[C@H]3CCCO3)CC2)C1. The quantitative estimate of drug-likeness (QED) is 0.753. The lowest BCUT2D eigenvalue weighted by molar-refractivity contribution is -0.144. The molecule has 1 atom stereocenters. The van der Waals surface area contributed by atoms with Gasteiger partial charge in [-0.1, -0.05) is 0 Å². The van der Waals surface area contributed by atoms with Gasteiger partial charge in [-0.3, -0.25) is 9.69 Å². The van der Waals surface area contributed by atoms with E-state index in [2.05, 4.69) is 23.9 Å². The summed E-state index contributed by atoms with van der Waals surface area (Å²) in [6, 6.07) is 0. The van der Waals surface area contributed by atoms with Crippen molar-refractivity contribution < 1.29 is 14.3 Å². The Morgan fingerprint density at radius 1 is 1.21 bits per heavy atom. The average molecular weight is 339 g/mol. The molecule has 3 rings (SSSR count). The summed E-state index contributed by atoms with van der Waals surface area (Å²) in [6.07, 6.45) is 3.82. The fourth-order valence-corrected chi connectivity index (χ4v) is 4.09. The molecule has 3 saturated heterocycles. The Morgan fingerprint density at radius 2 is 2.00 bits per heavy atom. The van der Waals surface area contributed by atoms with Crippen LogP contribution in [0.15, 0.2) is 0 Å². The molecular formula is C18H33N3O3. The van der Waals surface area contributed by atoms with Crippen molar-refractivity contribution in [3.8, 4) is 0 Å². The second kappa shape index (κ2) is 8.13. The number of carbonyl (C=O) groups is 1. The summed E-state index contributed by atoms with van der Waals surface area (Å²) in [5.41, 5.74) is 0.218. The molecule has 0 radical (unpaired) electrons. The first-order valence-corrected chi connectivity index (χ1v) is 9.43. The summed E-state index contributed by atoms with van der Waals surface area (Å²) < 4.78 is 11.5. The number of rotatable bonds is 4. The van der Waals surface area contributed by atoms with E-state index in [1.165, 1.54) is 0 Å².